The predicted octanol–water partition coefficient (Wildman–Crippen LogP) is 3.63. The fourth-order valence-electron chi connectivity index (χ4n) is 3.88. The van der Waals surface area contributed by atoms with Crippen LogP contribution in [0.3, 0.4) is 0 Å². The number of nitrogens with one attached hydrogen (secondary N) is 2. The molecule has 164 valence electrons. The number of hydrogen-bond donors (Lipinski definition) is 2. The van der Waals surface area contributed by atoms with Crippen LogP contribution in [0.15, 0.2) is 48.5 Å². The molecule has 0 radical (unpaired) electrons. The molecule has 2 saturated heterocycles. The lowest BCUT2D eigenvalue weighted by atomic mass is 10.0. The van der Waals surface area contributed by atoms with Crippen LogP contribution in [0.4, 0.5) is 10.5 Å². The summed E-state index contributed by atoms with van der Waals surface area (Å²) < 4.78 is 17.2. The second-order valence-electron chi connectivity index (χ2n) is 8.39. The minimum absolute atomic E-state index is 0.176. The van der Waals surface area contributed by atoms with Crippen LogP contribution in [-0.2, 0) is 14.2 Å². The molecule has 2 heterocycles. The Balaban J connectivity index is 1.30. The summed E-state index contributed by atoms with van der Waals surface area (Å²) in [6.07, 6.45) is -1.83. The van der Waals surface area contributed by atoms with E-state index in [1.54, 1.807) is 12.1 Å². The van der Waals surface area contributed by atoms with E-state index in [1.165, 1.54) is 5.56 Å². The fraction of sp³-hybridized carbons (Fsp3) is 0.417. The third kappa shape index (κ3) is 4.89. The lowest BCUT2D eigenvalue weighted by Crippen LogP contribution is -2.44. The van der Waals surface area contributed by atoms with Crippen molar-refractivity contribution in [1.29, 1.82) is 0 Å². The van der Waals surface area contributed by atoms with Gasteiger partial charge in [-0.05, 0) is 42.7 Å². The average Bonchev–Trinajstić information content (AvgIpc) is 3.32. The van der Waals surface area contributed by atoms with Crippen molar-refractivity contribution in [2.75, 3.05) is 18.5 Å². The van der Waals surface area contributed by atoms with Crippen molar-refractivity contribution in [2.24, 2.45) is 0 Å². The normalized spacial score (nSPS) is 24.6. The summed E-state index contributed by atoms with van der Waals surface area (Å²) in [5.41, 5.74) is 3.54. The van der Waals surface area contributed by atoms with Crippen molar-refractivity contribution < 1.29 is 23.8 Å². The van der Waals surface area contributed by atoms with Gasteiger partial charge in [0.15, 0.2) is 6.10 Å². The Kier molecular flexibility index (Phi) is 6.25. The second-order valence-corrected chi connectivity index (χ2v) is 8.39. The largest absolute Gasteiger partial charge is 0.441 e. The number of carbonyl (C=O) groups is 2. The van der Waals surface area contributed by atoms with E-state index in [1.807, 2.05) is 43.3 Å². The molecule has 2 aliphatic rings. The van der Waals surface area contributed by atoms with Crippen molar-refractivity contribution in [3.63, 3.8) is 0 Å². The molecule has 2 fully saturated rings. The van der Waals surface area contributed by atoms with Crippen LogP contribution >= 0.6 is 0 Å². The number of carbonyl (C=O) groups excluding carboxylic acids is 2. The number of hydrogen-bond acceptors (Lipinski definition) is 5. The molecule has 7 heteroatoms. The first kappa shape index (κ1) is 21.3. The predicted molar refractivity (Wildman–Crippen MR) is 116 cm³/mol. The standard InChI is InChI=1S/C24H28N2O5/c1-14(2)16-8-10-18(11-9-16)25-24(28)31-20-13-30-21-19(12-29-22(20)21)26-23(27)17-6-4-15(3)5-7-17/h4-11,14,19-22H,12-13H2,1-3H3,(H,25,28)(H,26,27)/t19-,20+,21+,22+/m0/s1. The number of aryl methyl sites for hydroxylation is 1. The zero-order chi connectivity index (χ0) is 22.0. The molecule has 2 N–H and O–H groups in total. The molecular formula is C24H28N2O5. The number of benzene rings is 2. The Morgan fingerprint density at radius 1 is 0.968 bits per heavy atom. The molecule has 0 unspecified atom stereocenters. The SMILES string of the molecule is Cc1ccc(C(=O)N[C@H]2CO[C@H]3[C@@H]2OC[C@H]3OC(=O)Nc2ccc(C(C)C)cc2)cc1. The Bertz CT molecular complexity index is 926. The summed E-state index contributed by atoms with van der Waals surface area (Å²) in [7, 11) is 0. The van der Waals surface area contributed by atoms with Crippen molar-refractivity contribution in [3.05, 3.63) is 65.2 Å². The molecule has 4 rings (SSSR count). The van der Waals surface area contributed by atoms with Crippen LogP contribution in [0.5, 0.6) is 0 Å². The molecule has 2 aromatic carbocycles. The summed E-state index contributed by atoms with van der Waals surface area (Å²) in [4.78, 5) is 24.8. The average molecular weight is 424 g/mol. The highest BCUT2D eigenvalue weighted by atomic mass is 16.6. The molecule has 0 spiro atoms. The molecule has 7 nitrogen and oxygen atoms in total. The lowest BCUT2D eigenvalue weighted by Gasteiger charge is -2.18. The van der Waals surface area contributed by atoms with E-state index in [0.29, 0.717) is 23.8 Å². The third-order valence-corrected chi connectivity index (χ3v) is 5.72. The van der Waals surface area contributed by atoms with E-state index in [-0.39, 0.29) is 24.7 Å². The smallest absolute Gasteiger partial charge is 0.412 e. The van der Waals surface area contributed by atoms with Gasteiger partial charge in [0.1, 0.15) is 12.2 Å². The summed E-state index contributed by atoms with van der Waals surface area (Å²) in [5.74, 6) is 0.248. The van der Waals surface area contributed by atoms with Crippen LogP contribution in [-0.4, -0.2) is 49.6 Å². The van der Waals surface area contributed by atoms with Crippen molar-refractivity contribution in [1.82, 2.24) is 5.32 Å². The van der Waals surface area contributed by atoms with Gasteiger partial charge >= 0.3 is 6.09 Å². The molecule has 31 heavy (non-hydrogen) atoms. The van der Waals surface area contributed by atoms with Crippen LogP contribution in [0, 0.1) is 6.92 Å². The highest BCUT2D eigenvalue weighted by Crippen LogP contribution is 2.29. The number of ether oxygens (including phenoxy) is 3. The van der Waals surface area contributed by atoms with Crippen molar-refractivity contribution in [3.8, 4) is 0 Å². The van der Waals surface area contributed by atoms with Crippen LogP contribution in [0.1, 0.15) is 41.3 Å². The van der Waals surface area contributed by atoms with Gasteiger partial charge in [-0.15, -0.1) is 0 Å². The molecule has 0 bridgehead atoms. The van der Waals surface area contributed by atoms with E-state index in [2.05, 4.69) is 24.5 Å². The molecular weight excluding hydrogens is 396 g/mol. The van der Waals surface area contributed by atoms with Crippen LogP contribution in [0.2, 0.25) is 0 Å². The lowest BCUT2D eigenvalue weighted by molar-refractivity contribution is 0.00862. The fourth-order valence-corrected chi connectivity index (χ4v) is 3.88. The Hall–Kier alpha value is -2.90. The molecule has 2 aromatic rings. The van der Waals surface area contributed by atoms with Gasteiger partial charge in [0.2, 0.25) is 0 Å². The summed E-state index contributed by atoms with van der Waals surface area (Å²) in [6, 6.07) is 14.8. The Morgan fingerprint density at radius 2 is 1.65 bits per heavy atom. The van der Waals surface area contributed by atoms with Gasteiger partial charge < -0.3 is 19.5 Å². The maximum Gasteiger partial charge on any atom is 0.412 e. The first-order valence-corrected chi connectivity index (χ1v) is 10.6. The molecule has 0 saturated carbocycles. The van der Waals surface area contributed by atoms with Gasteiger partial charge in [0, 0.05) is 11.3 Å². The van der Waals surface area contributed by atoms with Gasteiger partial charge in [-0.25, -0.2) is 4.79 Å². The van der Waals surface area contributed by atoms with Crippen LogP contribution < -0.4 is 10.6 Å². The molecule has 2 aliphatic heterocycles. The zero-order valence-electron chi connectivity index (χ0n) is 18.0. The van der Waals surface area contributed by atoms with E-state index in [9.17, 15) is 9.59 Å². The Morgan fingerprint density at radius 3 is 2.32 bits per heavy atom. The first-order valence-electron chi connectivity index (χ1n) is 10.6. The maximum absolute atomic E-state index is 12.5. The zero-order valence-corrected chi connectivity index (χ0v) is 18.0. The number of anilines is 1. The summed E-state index contributed by atoms with van der Waals surface area (Å²) >= 11 is 0. The van der Waals surface area contributed by atoms with Gasteiger partial charge in [0.05, 0.1) is 19.3 Å². The maximum atomic E-state index is 12.5. The van der Waals surface area contributed by atoms with Crippen molar-refractivity contribution in [2.45, 2.75) is 51.0 Å². The van der Waals surface area contributed by atoms with E-state index in [0.717, 1.165) is 5.56 Å². The minimum atomic E-state index is -0.553. The summed E-state index contributed by atoms with van der Waals surface area (Å²) in [6.45, 7) is 6.74. The molecule has 4 atom stereocenters. The van der Waals surface area contributed by atoms with E-state index >= 15 is 0 Å². The van der Waals surface area contributed by atoms with Gasteiger partial charge in [-0.3, -0.25) is 10.1 Å². The molecule has 0 aliphatic carbocycles. The molecule has 2 amide bonds. The quantitative estimate of drug-likeness (QED) is 0.766. The van der Waals surface area contributed by atoms with Gasteiger partial charge in [-0.1, -0.05) is 43.7 Å². The third-order valence-electron chi connectivity index (χ3n) is 5.72. The second kappa shape index (κ2) is 9.08. The highest BCUT2D eigenvalue weighted by molar-refractivity contribution is 5.94. The first-order chi connectivity index (χ1) is 14.9. The minimum Gasteiger partial charge on any atom is -0.441 e. The summed E-state index contributed by atoms with van der Waals surface area (Å²) in [5, 5.41) is 5.71. The van der Waals surface area contributed by atoms with Gasteiger partial charge in [-0.2, -0.15) is 0 Å². The van der Waals surface area contributed by atoms with E-state index in [4.69, 9.17) is 14.2 Å². The van der Waals surface area contributed by atoms with Gasteiger partial charge in [0.25, 0.3) is 5.91 Å². The number of amides is 2. The molecule has 0 aromatic heterocycles. The Labute approximate surface area is 182 Å². The highest BCUT2D eigenvalue weighted by Gasteiger charge is 2.50. The van der Waals surface area contributed by atoms with Crippen molar-refractivity contribution >= 4 is 17.7 Å². The van der Waals surface area contributed by atoms with Crippen LogP contribution in [0.25, 0.3) is 0 Å². The number of fused-ring (bicyclic) bond motifs is 1. The topological polar surface area (TPSA) is 85.9 Å². The van der Waals surface area contributed by atoms with E-state index < -0.39 is 18.3 Å². The monoisotopic (exact) mass is 424 g/mol. The number of rotatable bonds is 5.